The van der Waals surface area contributed by atoms with E-state index in [0.717, 1.165) is 0 Å². The monoisotopic (exact) mass is 448 g/mol. The number of carbonyl (C=O) groups excluding carboxylic acids is 1. The van der Waals surface area contributed by atoms with E-state index in [2.05, 4.69) is 14.7 Å². The Morgan fingerprint density at radius 3 is 2.71 bits per heavy atom. The Hall–Kier alpha value is -3.47. The van der Waals surface area contributed by atoms with Crippen molar-refractivity contribution in [3.8, 4) is 11.5 Å². The number of amides is 1. The van der Waals surface area contributed by atoms with Crippen molar-refractivity contribution in [2.45, 2.75) is 4.90 Å². The van der Waals surface area contributed by atoms with Crippen molar-refractivity contribution in [1.29, 1.82) is 0 Å². The summed E-state index contributed by atoms with van der Waals surface area (Å²) in [6.07, 6.45) is 1.47. The maximum absolute atomic E-state index is 13.5. The molecule has 0 saturated carbocycles. The van der Waals surface area contributed by atoms with Crippen molar-refractivity contribution in [1.82, 2.24) is 9.62 Å². The minimum atomic E-state index is -3.74. The second-order valence-electron chi connectivity index (χ2n) is 6.69. The molecule has 31 heavy (non-hydrogen) atoms. The number of hydrogen-bond acceptors (Lipinski definition) is 7. The van der Waals surface area contributed by atoms with Gasteiger partial charge in [0, 0.05) is 25.9 Å². The normalized spacial score (nSPS) is 15.5. The molecule has 11 heteroatoms. The first kappa shape index (κ1) is 22.2. The smallest absolute Gasteiger partial charge is 0.263 e. The molecule has 9 nitrogen and oxygen atoms in total. The van der Waals surface area contributed by atoms with Crippen molar-refractivity contribution in [2.24, 2.45) is 9.98 Å². The van der Waals surface area contributed by atoms with E-state index in [9.17, 15) is 17.6 Å². The summed E-state index contributed by atoms with van der Waals surface area (Å²) in [6, 6.07) is 8.64. The summed E-state index contributed by atoms with van der Waals surface area (Å²) in [5.74, 6) is -0.169. The number of nitrogens with one attached hydrogen (secondary N) is 1. The minimum Gasteiger partial charge on any atom is -0.494 e. The van der Waals surface area contributed by atoms with Gasteiger partial charge in [-0.25, -0.2) is 17.8 Å². The van der Waals surface area contributed by atoms with Crippen LogP contribution in [0.15, 0.2) is 51.3 Å². The zero-order chi connectivity index (χ0) is 22.6. The van der Waals surface area contributed by atoms with E-state index >= 15 is 0 Å². The first-order valence-corrected chi connectivity index (χ1v) is 10.6. The van der Waals surface area contributed by atoms with Crippen LogP contribution in [0.4, 0.5) is 4.39 Å². The van der Waals surface area contributed by atoms with E-state index in [0.29, 0.717) is 16.9 Å². The van der Waals surface area contributed by atoms with Gasteiger partial charge in [-0.2, -0.15) is 0 Å². The predicted octanol–water partition coefficient (Wildman–Crippen LogP) is 1.42. The molecule has 0 saturated heterocycles. The molecule has 0 spiro atoms. The van der Waals surface area contributed by atoms with Gasteiger partial charge in [0.15, 0.2) is 18.2 Å². The molecule has 1 aliphatic heterocycles. The molecule has 1 heterocycles. The largest absolute Gasteiger partial charge is 0.494 e. The highest BCUT2D eigenvalue weighted by Crippen LogP contribution is 2.27. The second-order valence-corrected chi connectivity index (χ2v) is 8.34. The Morgan fingerprint density at radius 2 is 2.00 bits per heavy atom. The van der Waals surface area contributed by atoms with Gasteiger partial charge in [-0.15, -0.1) is 0 Å². The zero-order valence-electron chi connectivity index (χ0n) is 17.1. The lowest BCUT2D eigenvalue weighted by Gasteiger charge is -2.11. The fourth-order valence-electron chi connectivity index (χ4n) is 2.66. The summed E-state index contributed by atoms with van der Waals surface area (Å²) in [4.78, 5) is 21.5. The molecule has 0 atom stereocenters. The van der Waals surface area contributed by atoms with Gasteiger partial charge in [0.05, 0.1) is 12.0 Å². The van der Waals surface area contributed by atoms with Gasteiger partial charge < -0.3 is 14.4 Å². The van der Waals surface area contributed by atoms with E-state index in [-0.39, 0.29) is 35.7 Å². The molecule has 0 bridgehead atoms. The van der Waals surface area contributed by atoms with Gasteiger partial charge in [-0.1, -0.05) is 6.07 Å². The fraction of sp³-hybridized carbons (Fsp3) is 0.250. The van der Waals surface area contributed by atoms with Crippen LogP contribution in [-0.2, 0) is 14.8 Å². The summed E-state index contributed by atoms with van der Waals surface area (Å²) in [7, 11) is 0.842. The lowest BCUT2D eigenvalue weighted by atomic mass is 10.2. The Labute approximate surface area is 179 Å². The number of likely N-dealkylation sites (N-methyl/N-ethyl adjacent to an activating group) is 1. The summed E-state index contributed by atoms with van der Waals surface area (Å²) < 4.78 is 50.8. The minimum absolute atomic E-state index is 0.0600. The van der Waals surface area contributed by atoms with Gasteiger partial charge in [0.1, 0.15) is 18.3 Å². The van der Waals surface area contributed by atoms with Crippen LogP contribution in [0.5, 0.6) is 11.5 Å². The number of nitrogens with zero attached hydrogens (tertiary/aromatic N) is 3. The third-order valence-corrected chi connectivity index (χ3v) is 5.71. The summed E-state index contributed by atoms with van der Waals surface area (Å²) >= 11 is 0. The number of benzene rings is 2. The first-order chi connectivity index (χ1) is 14.7. The average molecular weight is 448 g/mol. The van der Waals surface area contributed by atoms with Crippen molar-refractivity contribution in [3.05, 3.63) is 53.3 Å². The van der Waals surface area contributed by atoms with Crippen LogP contribution in [0.1, 0.15) is 11.1 Å². The topological polar surface area (TPSA) is 110 Å². The number of sulfonamides is 1. The van der Waals surface area contributed by atoms with E-state index in [1.807, 2.05) is 0 Å². The standard InChI is InChI=1S/C20H21FN4O5S/c1-25(2)19(26)11-30-14-5-7-18-15(9-14)20(24-31(18,27)28)23-12-22-10-13-4-6-16(21)17(8-13)29-3/h4-10H,11-12H2,1-3H3,(H,23,24). The summed E-state index contributed by atoms with van der Waals surface area (Å²) in [5.41, 5.74) is 0.931. The van der Waals surface area contributed by atoms with E-state index in [1.165, 1.54) is 54.6 Å². The third-order valence-electron chi connectivity index (χ3n) is 4.31. The molecule has 0 radical (unpaired) electrons. The SMILES string of the molecule is COc1cc(C=NCN=C2NS(=O)(=O)c3ccc(OCC(=O)N(C)C)cc32)ccc1F. The molecule has 1 amide bonds. The highest BCUT2D eigenvalue weighted by molar-refractivity contribution is 7.90. The van der Waals surface area contributed by atoms with E-state index < -0.39 is 15.8 Å². The van der Waals surface area contributed by atoms with Crippen LogP contribution in [0, 0.1) is 5.82 Å². The van der Waals surface area contributed by atoms with Gasteiger partial charge in [-0.3, -0.25) is 14.5 Å². The Balaban J connectivity index is 1.76. The van der Waals surface area contributed by atoms with Crippen molar-refractivity contribution in [2.75, 3.05) is 34.5 Å². The van der Waals surface area contributed by atoms with Crippen molar-refractivity contribution in [3.63, 3.8) is 0 Å². The number of ether oxygens (including phenoxy) is 2. The highest BCUT2D eigenvalue weighted by atomic mass is 32.2. The molecule has 0 aliphatic carbocycles. The van der Waals surface area contributed by atoms with Crippen molar-refractivity contribution >= 4 is 28.0 Å². The van der Waals surface area contributed by atoms with Crippen LogP contribution in [0.25, 0.3) is 0 Å². The molecule has 0 fully saturated rings. The fourth-order valence-corrected chi connectivity index (χ4v) is 3.89. The van der Waals surface area contributed by atoms with Gasteiger partial charge >= 0.3 is 0 Å². The van der Waals surface area contributed by atoms with Crippen LogP contribution in [0.3, 0.4) is 0 Å². The maximum Gasteiger partial charge on any atom is 0.263 e. The number of amidine groups is 1. The van der Waals surface area contributed by atoms with Crippen LogP contribution >= 0.6 is 0 Å². The van der Waals surface area contributed by atoms with Crippen molar-refractivity contribution < 1.29 is 27.1 Å². The van der Waals surface area contributed by atoms with E-state index in [4.69, 9.17) is 9.47 Å². The molecular weight excluding hydrogens is 427 g/mol. The number of carbonyl (C=O) groups is 1. The van der Waals surface area contributed by atoms with Crippen LogP contribution in [-0.4, -0.2) is 65.8 Å². The van der Waals surface area contributed by atoms with E-state index in [1.54, 1.807) is 14.1 Å². The molecule has 3 rings (SSSR count). The molecule has 0 unspecified atom stereocenters. The number of fused-ring (bicyclic) bond motifs is 1. The first-order valence-electron chi connectivity index (χ1n) is 9.09. The van der Waals surface area contributed by atoms with Gasteiger partial charge in [0.2, 0.25) is 0 Å². The highest BCUT2D eigenvalue weighted by Gasteiger charge is 2.31. The molecule has 1 N–H and O–H groups in total. The predicted molar refractivity (Wildman–Crippen MR) is 113 cm³/mol. The van der Waals surface area contributed by atoms with Crippen LogP contribution in [0.2, 0.25) is 0 Å². The number of aliphatic imine (C=N–C) groups is 2. The lowest BCUT2D eigenvalue weighted by Crippen LogP contribution is -2.27. The molecule has 2 aromatic rings. The Morgan fingerprint density at radius 1 is 1.23 bits per heavy atom. The average Bonchev–Trinajstić information content (AvgIpc) is 2.99. The zero-order valence-corrected chi connectivity index (χ0v) is 17.9. The van der Waals surface area contributed by atoms with Crippen LogP contribution < -0.4 is 14.2 Å². The molecular formula is C20H21FN4O5S. The Kier molecular flexibility index (Phi) is 6.54. The molecule has 1 aliphatic rings. The number of halogens is 1. The Bertz CT molecular complexity index is 1160. The maximum atomic E-state index is 13.5. The number of hydrogen-bond donors (Lipinski definition) is 1. The molecule has 2 aromatic carbocycles. The summed E-state index contributed by atoms with van der Waals surface area (Å²) in [6.45, 7) is -0.245. The number of rotatable bonds is 7. The van der Waals surface area contributed by atoms with Gasteiger partial charge in [0.25, 0.3) is 15.9 Å². The third kappa shape index (κ3) is 5.18. The second kappa shape index (κ2) is 9.13. The van der Waals surface area contributed by atoms with Gasteiger partial charge in [-0.05, 0) is 35.9 Å². The number of methoxy groups -OCH3 is 1. The molecule has 0 aromatic heterocycles. The lowest BCUT2D eigenvalue weighted by molar-refractivity contribution is -0.130. The quantitative estimate of drug-likeness (QED) is 0.645. The molecule has 164 valence electrons. The summed E-state index contributed by atoms with van der Waals surface area (Å²) in [5, 5.41) is 0.